The molecule has 0 spiro atoms. The second-order valence-electron chi connectivity index (χ2n) is 6.30. The first-order valence-corrected chi connectivity index (χ1v) is 9.66. The first-order valence-electron chi connectivity index (χ1n) is 8.22. The lowest BCUT2D eigenvalue weighted by atomic mass is 9.99. The number of aromatic nitrogens is 2. The van der Waals surface area contributed by atoms with Crippen molar-refractivity contribution in [2.45, 2.75) is 33.3 Å². The zero-order chi connectivity index (χ0) is 21.1. The van der Waals surface area contributed by atoms with Crippen LogP contribution < -0.4 is 5.32 Å². The molecule has 0 atom stereocenters. The molecule has 0 fully saturated rings. The first kappa shape index (κ1) is 21.5. The topological polar surface area (TPSA) is 118 Å². The molecule has 150 valence electrons. The lowest BCUT2D eigenvalue weighted by molar-refractivity contribution is 0.201. The van der Waals surface area contributed by atoms with Crippen LogP contribution in [0.5, 0.6) is 0 Å². The van der Waals surface area contributed by atoms with Crippen LogP contribution in [0.2, 0.25) is 0 Å². The van der Waals surface area contributed by atoms with Crippen LogP contribution in [0.3, 0.4) is 0 Å². The summed E-state index contributed by atoms with van der Waals surface area (Å²) in [7, 11) is -4.96. The number of rotatable bonds is 6. The van der Waals surface area contributed by atoms with E-state index in [1.807, 2.05) is 19.2 Å². The zero-order valence-electron chi connectivity index (χ0n) is 15.6. The lowest BCUT2D eigenvalue weighted by Gasteiger charge is -2.18. The molecule has 8 nitrogen and oxygen atoms in total. The summed E-state index contributed by atoms with van der Waals surface area (Å²) in [6.07, 6.45) is 0. The van der Waals surface area contributed by atoms with Crippen molar-refractivity contribution in [1.82, 2.24) is 9.97 Å². The molecule has 1 aromatic carbocycles. The van der Waals surface area contributed by atoms with Gasteiger partial charge in [-0.15, -0.1) is 0 Å². The highest BCUT2D eigenvalue weighted by molar-refractivity contribution is 8.01. The van der Waals surface area contributed by atoms with E-state index in [4.69, 9.17) is 9.29 Å². The molecular formula is C18H20FN3O5S. The van der Waals surface area contributed by atoms with Crippen molar-refractivity contribution in [3.05, 3.63) is 53.7 Å². The van der Waals surface area contributed by atoms with E-state index >= 15 is 0 Å². The number of carbonyl (C=O) groups is 1. The van der Waals surface area contributed by atoms with Gasteiger partial charge in [0.25, 0.3) is 0 Å². The second-order valence-corrected chi connectivity index (χ2v) is 7.62. The van der Waals surface area contributed by atoms with Gasteiger partial charge in [0.1, 0.15) is 12.4 Å². The van der Waals surface area contributed by atoms with Gasteiger partial charge < -0.3 is 4.74 Å². The SMILES string of the molecule is C=C(C)OCc1c(-c2ccc(F)cc2)nc(NC(=O)S(=O)(=O)O)nc1C(C)C. The van der Waals surface area contributed by atoms with Gasteiger partial charge >= 0.3 is 15.4 Å². The molecule has 0 aliphatic rings. The minimum Gasteiger partial charge on any atom is -0.494 e. The fourth-order valence-electron chi connectivity index (χ4n) is 2.37. The summed E-state index contributed by atoms with van der Waals surface area (Å²) in [6.45, 7) is 9.11. The molecule has 2 rings (SSSR count). The van der Waals surface area contributed by atoms with E-state index < -0.39 is 21.2 Å². The quantitative estimate of drug-likeness (QED) is 0.549. The highest BCUT2D eigenvalue weighted by Crippen LogP contribution is 2.30. The number of nitrogens with zero attached hydrogens (tertiary/aromatic N) is 2. The fourth-order valence-corrected chi connectivity index (χ4v) is 2.59. The molecule has 0 aliphatic carbocycles. The minimum atomic E-state index is -4.96. The van der Waals surface area contributed by atoms with E-state index in [1.54, 1.807) is 6.92 Å². The highest BCUT2D eigenvalue weighted by Gasteiger charge is 2.23. The Morgan fingerprint density at radius 1 is 1.29 bits per heavy atom. The van der Waals surface area contributed by atoms with Gasteiger partial charge in [0, 0.05) is 11.1 Å². The van der Waals surface area contributed by atoms with Crippen molar-refractivity contribution < 1.29 is 26.9 Å². The molecule has 1 aromatic heterocycles. The van der Waals surface area contributed by atoms with Gasteiger partial charge in [0.05, 0.1) is 17.1 Å². The number of hydrogen-bond acceptors (Lipinski definition) is 6. The third kappa shape index (κ3) is 5.33. The molecular weight excluding hydrogens is 389 g/mol. The Morgan fingerprint density at radius 2 is 1.89 bits per heavy atom. The molecule has 28 heavy (non-hydrogen) atoms. The van der Waals surface area contributed by atoms with Crippen molar-refractivity contribution in [2.24, 2.45) is 0 Å². The molecule has 0 aliphatic heterocycles. The Bertz CT molecular complexity index is 1000. The Morgan fingerprint density at radius 3 is 2.39 bits per heavy atom. The van der Waals surface area contributed by atoms with Crippen molar-refractivity contribution in [3.8, 4) is 11.3 Å². The van der Waals surface area contributed by atoms with Crippen LogP contribution in [-0.2, 0) is 21.5 Å². The molecule has 1 amide bonds. The molecule has 10 heteroatoms. The Kier molecular flexibility index (Phi) is 6.47. The van der Waals surface area contributed by atoms with Crippen molar-refractivity contribution in [1.29, 1.82) is 0 Å². The standard InChI is InChI=1S/C18H20FN3O5S/c1-10(2)15-14(9-27-11(3)4)16(12-5-7-13(19)8-6-12)21-17(20-15)22-18(23)28(24,25)26/h5-8,10H,3,9H2,1-2,4H3,(H,24,25,26)(H,20,21,22,23). The summed E-state index contributed by atoms with van der Waals surface area (Å²) in [5.41, 5.74) is 1.90. The smallest absolute Gasteiger partial charge is 0.370 e. The number of ether oxygens (including phenoxy) is 1. The number of hydrogen-bond donors (Lipinski definition) is 2. The van der Waals surface area contributed by atoms with Crippen molar-refractivity contribution in [3.63, 3.8) is 0 Å². The number of nitrogens with one attached hydrogen (secondary N) is 1. The lowest BCUT2D eigenvalue weighted by Crippen LogP contribution is -2.22. The number of halogens is 1. The summed E-state index contributed by atoms with van der Waals surface area (Å²) in [5, 5.41) is 0.305. The predicted molar refractivity (Wildman–Crippen MR) is 102 cm³/mol. The molecule has 0 radical (unpaired) electrons. The van der Waals surface area contributed by atoms with E-state index in [2.05, 4.69) is 16.5 Å². The summed E-state index contributed by atoms with van der Waals surface area (Å²) in [6, 6.07) is 5.46. The van der Waals surface area contributed by atoms with Crippen LogP contribution in [0.25, 0.3) is 11.3 Å². The zero-order valence-corrected chi connectivity index (χ0v) is 16.4. The largest absolute Gasteiger partial charge is 0.494 e. The minimum absolute atomic E-state index is 0.0715. The van der Waals surface area contributed by atoms with E-state index in [9.17, 15) is 17.6 Å². The molecule has 0 saturated carbocycles. The van der Waals surface area contributed by atoms with E-state index in [1.165, 1.54) is 24.3 Å². The van der Waals surface area contributed by atoms with Gasteiger partial charge in [-0.3, -0.25) is 14.7 Å². The summed E-state index contributed by atoms with van der Waals surface area (Å²) in [5.74, 6) is -0.443. The average Bonchev–Trinajstić information content (AvgIpc) is 2.59. The van der Waals surface area contributed by atoms with Gasteiger partial charge in [-0.1, -0.05) is 20.4 Å². The molecule has 0 bridgehead atoms. The van der Waals surface area contributed by atoms with Crippen LogP contribution in [0.15, 0.2) is 36.6 Å². The van der Waals surface area contributed by atoms with Crippen molar-refractivity contribution >= 4 is 21.3 Å². The summed E-state index contributed by atoms with van der Waals surface area (Å²) >= 11 is 0. The van der Waals surface area contributed by atoms with Gasteiger partial charge in [-0.25, -0.2) is 14.4 Å². The Balaban J connectivity index is 2.66. The van der Waals surface area contributed by atoms with E-state index in [-0.39, 0.29) is 18.5 Å². The normalized spacial score (nSPS) is 11.4. The maximum atomic E-state index is 13.3. The van der Waals surface area contributed by atoms with Crippen LogP contribution in [0, 0.1) is 5.82 Å². The number of carbonyl (C=O) groups excluding carboxylic acids is 1. The van der Waals surface area contributed by atoms with Gasteiger partial charge in [0.2, 0.25) is 5.95 Å². The molecule has 0 unspecified atom stereocenters. The van der Waals surface area contributed by atoms with E-state index in [0.717, 1.165) is 0 Å². The summed E-state index contributed by atoms with van der Waals surface area (Å²) < 4.78 is 49.7. The number of allylic oxidation sites excluding steroid dienone is 1. The Labute approximate surface area is 162 Å². The first-order chi connectivity index (χ1) is 13.0. The van der Waals surface area contributed by atoms with Gasteiger partial charge in [-0.2, -0.15) is 8.42 Å². The number of anilines is 1. The van der Waals surface area contributed by atoms with Crippen LogP contribution in [0.4, 0.5) is 15.1 Å². The molecule has 0 saturated heterocycles. The second kappa shape index (κ2) is 8.44. The van der Waals surface area contributed by atoms with Gasteiger partial charge in [-0.05, 0) is 37.1 Å². The predicted octanol–water partition coefficient (Wildman–Crippen LogP) is 3.88. The maximum absolute atomic E-state index is 13.3. The molecule has 1 heterocycles. The molecule has 2 aromatic rings. The van der Waals surface area contributed by atoms with E-state index in [0.29, 0.717) is 28.3 Å². The maximum Gasteiger partial charge on any atom is 0.370 e. The average molecular weight is 409 g/mol. The molecule has 2 N–H and O–H groups in total. The van der Waals surface area contributed by atoms with Crippen LogP contribution in [0.1, 0.15) is 37.9 Å². The van der Waals surface area contributed by atoms with Gasteiger partial charge in [0.15, 0.2) is 0 Å². The van der Waals surface area contributed by atoms with Crippen LogP contribution in [-0.4, -0.2) is 28.2 Å². The number of amides is 1. The number of benzene rings is 1. The Hall–Kier alpha value is -2.85. The van der Waals surface area contributed by atoms with Crippen LogP contribution >= 0.6 is 0 Å². The summed E-state index contributed by atoms with van der Waals surface area (Å²) in [4.78, 5) is 20.0. The third-order valence-electron chi connectivity index (χ3n) is 3.61. The van der Waals surface area contributed by atoms with Crippen molar-refractivity contribution in [2.75, 3.05) is 5.32 Å². The fraction of sp³-hybridized carbons (Fsp3) is 0.278. The highest BCUT2D eigenvalue weighted by atomic mass is 32.2. The third-order valence-corrected chi connectivity index (χ3v) is 4.19. The monoisotopic (exact) mass is 409 g/mol.